The quantitative estimate of drug-likeness (QED) is 0.170. The van der Waals surface area contributed by atoms with Crippen molar-refractivity contribution >= 4 is 5.84 Å². The molecule has 0 aromatic rings. The van der Waals surface area contributed by atoms with E-state index in [1.165, 1.54) is 0 Å². The molecule has 1 aliphatic rings. The van der Waals surface area contributed by atoms with Gasteiger partial charge in [0.05, 0.1) is 13.2 Å². The molecule has 0 heterocycles. The normalized spacial score (nSPS) is 18.3. The number of nitrogens with two attached hydrogens (primary N) is 1. The monoisotopic (exact) mass is 258 g/mol. The van der Waals surface area contributed by atoms with Crippen molar-refractivity contribution in [2.75, 3.05) is 46.9 Å². The van der Waals surface area contributed by atoms with Gasteiger partial charge in [-0.25, -0.2) is 0 Å². The zero-order chi connectivity index (χ0) is 13.4. The van der Waals surface area contributed by atoms with Crippen molar-refractivity contribution in [2.24, 2.45) is 16.3 Å². The Labute approximate surface area is 109 Å². The summed E-state index contributed by atoms with van der Waals surface area (Å²) >= 11 is 0. The number of likely N-dealkylation sites (N-methyl/N-ethyl adjacent to an activating group) is 1. The molecule has 106 valence electrons. The molecule has 18 heavy (non-hydrogen) atoms. The molecule has 1 rings (SSSR count). The topological polar surface area (TPSA) is 83.1 Å². The summed E-state index contributed by atoms with van der Waals surface area (Å²) in [5.74, 6) is 0.330. The maximum atomic E-state index is 8.56. The fourth-order valence-corrected chi connectivity index (χ4v) is 1.86. The Kier molecular flexibility index (Phi) is 6.38. The Bertz CT molecular complexity index is 265. The number of hydrogen-bond acceptors (Lipinski definition) is 5. The van der Waals surface area contributed by atoms with E-state index in [0.29, 0.717) is 12.3 Å². The highest BCUT2D eigenvalue weighted by Gasteiger charge is 2.42. The molecule has 0 bridgehead atoms. The minimum atomic E-state index is 0.222. The summed E-state index contributed by atoms with van der Waals surface area (Å²) in [6.45, 7) is 4.22. The lowest BCUT2D eigenvalue weighted by Crippen LogP contribution is -2.31. The third-order valence-electron chi connectivity index (χ3n) is 3.25. The third-order valence-corrected chi connectivity index (χ3v) is 3.25. The summed E-state index contributed by atoms with van der Waals surface area (Å²) in [6.07, 6.45) is 2.98. The van der Waals surface area contributed by atoms with Crippen LogP contribution >= 0.6 is 0 Å². The molecule has 6 heteroatoms. The third kappa shape index (κ3) is 6.18. The molecule has 1 fully saturated rings. The van der Waals surface area contributed by atoms with Gasteiger partial charge in [0.1, 0.15) is 5.84 Å². The van der Waals surface area contributed by atoms with Crippen molar-refractivity contribution < 1.29 is 9.94 Å². The van der Waals surface area contributed by atoms with Gasteiger partial charge >= 0.3 is 0 Å². The average Bonchev–Trinajstić information content (AvgIpc) is 3.07. The number of rotatable bonds is 10. The van der Waals surface area contributed by atoms with Crippen molar-refractivity contribution in [1.29, 1.82) is 0 Å². The highest BCUT2D eigenvalue weighted by molar-refractivity contribution is 5.80. The predicted molar refractivity (Wildman–Crippen MR) is 71.9 cm³/mol. The number of oxime groups is 1. The van der Waals surface area contributed by atoms with E-state index in [4.69, 9.17) is 15.7 Å². The van der Waals surface area contributed by atoms with Gasteiger partial charge in [0.15, 0.2) is 0 Å². The van der Waals surface area contributed by atoms with Gasteiger partial charge < -0.3 is 25.9 Å². The van der Waals surface area contributed by atoms with Crippen LogP contribution in [0.4, 0.5) is 0 Å². The Balaban J connectivity index is 1.98. The van der Waals surface area contributed by atoms with Crippen molar-refractivity contribution in [2.45, 2.75) is 19.3 Å². The summed E-state index contributed by atoms with van der Waals surface area (Å²) in [7, 11) is 4.07. The molecular formula is C12H26N4O2. The maximum Gasteiger partial charge on any atom is 0.139 e. The van der Waals surface area contributed by atoms with Crippen LogP contribution in [0.5, 0.6) is 0 Å². The van der Waals surface area contributed by atoms with E-state index in [0.717, 1.165) is 45.7 Å². The second-order valence-corrected chi connectivity index (χ2v) is 5.36. The van der Waals surface area contributed by atoms with Gasteiger partial charge in [-0.15, -0.1) is 0 Å². The van der Waals surface area contributed by atoms with Gasteiger partial charge in [0, 0.05) is 26.1 Å². The summed E-state index contributed by atoms with van der Waals surface area (Å²) in [5, 5.41) is 15.0. The van der Waals surface area contributed by atoms with E-state index in [-0.39, 0.29) is 5.41 Å². The highest BCUT2D eigenvalue weighted by Crippen LogP contribution is 2.48. The van der Waals surface area contributed by atoms with Crippen LogP contribution in [0.3, 0.4) is 0 Å². The highest BCUT2D eigenvalue weighted by atomic mass is 16.5. The lowest BCUT2D eigenvalue weighted by Gasteiger charge is -2.15. The number of nitrogens with zero attached hydrogens (tertiary/aromatic N) is 2. The second-order valence-electron chi connectivity index (χ2n) is 5.36. The van der Waals surface area contributed by atoms with Gasteiger partial charge in [-0.1, -0.05) is 5.16 Å². The first-order valence-corrected chi connectivity index (χ1v) is 6.48. The number of amidine groups is 1. The van der Waals surface area contributed by atoms with Gasteiger partial charge in [0.2, 0.25) is 0 Å². The summed E-state index contributed by atoms with van der Waals surface area (Å²) in [4.78, 5) is 2.10. The van der Waals surface area contributed by atoms with Crippen LogP contribution in [0.1, 0.15) is 19.3 Å². The van der Waals surface area contributed by atoms with Crippen molar-refractivity contribution in [3.8, 4) is 0 Å². The molecule has 0 aromatic heterocycles. The Morgan fingerprint density at radius 2 is 2.17 bits per heavy atom. The SMILES string of the molecule is CN(C)CCOCCNCC1(CC(N)=NO)CC1. The molecule has 0 saturated heterocycles. The fraction of sp³-hybridized carbons (Fsp3) is 0.917. The van der Waals surface area contributed by atoms with Gasteiger partial charge in [0.25, 0.3) is 0 Å². The van der Waals surface area contributed by atoms with E-state index >= 15 is 0 Å². The molecule has 6 nitrogen and oxygen atoms in total. The molecule has 0 aliphatic heterocycles. The van der Waals surface area contributed by atoms with Gasteiger partial charge in [-0.3, -0.25) is 0 Å². The smallest absolute Gasteiger partial charge is 0.139 e. The summed E-state index contributed by atoms with van der Waals surface area (Å²) < 4.78 is 5.49. The van der Waals surface area contributed by atoms with E-state index in [2.05, 4.69) is 15.4 Å². The van der Waals surface area contributed by atoms with Crippen LogP contribution in [-0.4, -0.2) is 62.9 Å². The van der Waals surface area contributed by atoms with Crippen molar-refractivity contribution in [3.05, 3.63) is 0 Å². The first kappa shape index (κ1) is 15.2. The lowest BCUT2D eigenvalue weighted by atomic mass is 10.0. The molecule has 1 aliphatic carbocycles. The van der Waals surface area contributed by atoms with Gasteiger partial charge in [-0.05, 0) is 32.4 Å². The summed E-state index contributed by atoms with van der Waals surface area (Å²) in [6, 6.07) is 0. The Morgan fingerprint density at radius 3 is 2.72 bits per heavy atom. The number of nitrogens with one attached hydrogen (secondary N) is 1. The van der Waals surface area contributed by atoms with Crippen molar-refractivity contribution in [3.63, 3.8) is 0 Å². The zero-order valence-electron chi connectivity index (χ0n) is 11.5. The average molecular weight is 258 g/mol. The van der Waals surface area contributed by atoms with Crippen LogP contribution in [0.15, 0.2) is 5.16 Å². The molecular weight excluding hydrogens is 232 g/mol. The molecule has 0 aromatic carbocycles. The second kappa shape index (κ2) is 7.56. The van der Waals surface area contributed by atoms with Gasteiger partial charge in [-0.2, -0.15) is 0 Å². The Hall–Kier alpha value is -0.850. The molecule has 0 unspecified atom stereocenters. The molecule has 0 spiro atoms. The number of ether oxygens (including phenoxy) is 1. The zero-order valence-corrected chi connectivity index (χ0v) is 11.5. The minimum Gasteiger partial charge on any atom is -0.409 e. The minimum absolute atomic E-state index is 0.222. The fourth-order valence-electron chi connectivity index (χ4n) is 1.86. The molecule has 4 N–H and O–H groups in total. The van der Waals surface area contributed by atoms with E-state index in [9.17, 15) is 0 Å². The van der Waals surface area contributed by atoms with Crippen LogP contribution in [-0.2, 0) is 4.74 Å². The molecule has 0 atom stereocenters. The van der Waals surface area contributed by atoms with E-state index in [1.54, 1.807) is 0 Å². The molecule has 0 radical (unpaired) electrons. The Morgan fingerprint density at radius 1 is 1.44 bits per heavy atom. The predicted octanol–water partition coefficient (Wildman–Crippen LogP) is 0.0709. The first-order chi connectivity index (χ1) is 8.58. The van der Waals surface area contributed by atoms with E-state index in [1.807, 2.05) is 14.1 Å². The van der Waals surface area contributed by atoms with Crippen LogP contribution in [0.25, 0.3) is 0 Å². The lowest BCUT2D eigenvalue weighted by molar-refractivity contribution is 0.118. The molecule has 0 amide bonds. The molecule has 1 saturated carbocycles. The standard InChI is InChI=1S/C12H26N4O2/c1-16(2)6-8-18-7-5-14-10-12(3-4-12)9-11(13)15-17/h14,17H,3-10H2,1-2H3,(H2,13,15). The number of hydrogen-bond donors (Lipinski definition) is 3. The van der Waals surface area contributed by atoms with Crippen molar-refractivity contribution in [1.82, 2.24) is 10.2 Å². The van der Waals surface area contributed by atoms with Crippen LogP contribution in [0, 0.1) is 5.41 Å². The van der Waals surface area contributed by atoms with Crippen LogP contribution < -0.4 is 11.1 Å². The van der Waals surface area contributed by atoms with E-state index < -0.39 is 0 Å². The van der Waals surface area contributed by atoms with Crippen LogP contribution in [0.2, 0.25) is 0 Å². The first-order valence-electron chi connectivity index (χ1n) is 6.48. The summed E-state index contributed by atoms with van der Waals surface area (Å²) in [5.41, 5.74) is 5.76. The largest absolute Gasteiger partial charge is 0.409 e. The maximum absolute atomic E-state index is 8.56.